The van der Waals surface area contributed by atoms with E-state index in [9.17, 15) is 22.0 Å². The minimum Gasteiger partial charge on any atom is -0.362 e. The molecule has 1 unspecified atom stereocenters. The van der Waals surface area contributed by atoms with Crippen molar-refractivity contribution in [1.82, 2.24) is 9.97 Å². The van der Waals surface area contributed by atoms with Crippen molar-refractivity contribution in [1.29, 1.82) is 5.26 Å². The van der Waals surface area contributed by atoms with Crippen LogP contribution in [0, 0.1) is 18.3 Å². The molecule has 11 heteroatoms. The summed E-state index contributed by atoms with van der Waals surface area (Å²) >= 11 is 6.92. The van der Waals surface area contributed by atoms with Crippen LogP contribution in [0.3, 0.4) is 0 Å². The lowest BCUT2D eigenvalue weighted by Gasteiger charge is -2.25. The van der Waals surface area contributed by atoms with Gasteiger partial charge in [0.15, 0.2) is 6.10 Å². The van der Waals surface area contributed by atoms with E-state index in [1.165, 1.54) is 32.0 Å². The van der Waals surface area contributed by atoms with E-state index in [-0.39, 0.29) is 38.3 Å². The molecular weight excluding hydrogens is 485 g/mol. The van der Waals surface area contributed by atoms with E-state index in [0.29, 0.717) is 5.56 Å². The molecule has 4 nitrogen and oxygen atoms in total. The lowest BCUT2D eigenvalue weighted by Crippen LogP contribution is -2.27. The van der Waals surface area contributed by atoms with Crippen molar-refractivity contribution < 1.29 is 26.7 Å². The van der Waals surface area contributed by atoms with Gasteiger partial charge in [-0.2, -0.15) is 18.4 Å². The molecule has 0 aliphatic heterocycles. The van der Waals surface area contributed by atoms with Crippen LogP contribution in [-0.4, -0.2) is 15.9 Å². The summed E-state index contributed by atoms with van der Waals surface area (Å²) in [6.45, 7) is 2.67. The SMILES string of the molecule is CCC(F)(F)C(OCc1ccc(C#N)c(Cl)c1)c1sc(-c2ccc(C(F)(F)F)nc2)nc1C. The van der Waals surface area contributed by atoms with E-state index in [2.05, 4.69) is 9.97 Å². The van der Waals surface area contributed by atoms with Gasteiger partial charge in [-0.15, -0.1) is 11.3 Å². The third-order valence-corrected chi connectivity index (χ3v) is 6.36. The molecule has 33 heavy (non-hydrogen) atoms. The number of aryl methyl sites for hydroxylation is 1. The molecule has 1 aromatic carbocycles. The third kappa shape index (κ3) is 5.66. The summed E-state index contributed by atoms with van der Waals surface area (Å²) in [6.07, 6.45) is -5.71. The van der Waals surface area contributed by atoms with Gasteiger partial charge >= 0.3 is 6.18 Å². The van der Waals surface area contributed by atoms with Crippen molar-refractivity contribution in [3.05, 3.63) is 68.9 Å². The molecule has 0 N–H and O–H groups in total. The monoisotopic (exact) mass is 501 g/mol. The Bertz CT molecular complexity index is 1170. The fraction of sp³-hybridized carbons (Fsp3) is 0.318. The van der Waals surface area contributed by atoms with E-state index in [4.69, 9.17) is 21.6 Å². The molecule has 0 saturated carbocycles. The molecule has 0 saturated heterocycles. The molecule has 0 bridgehead atoms. The molecule has 2 aromatic heterocycles. The number of alkyl halides is 5. The molecule has 0 radical (unpaired) electrons. The summed E-state index contributed by atoms with van der Waals surface area (Å²) in [5.41, 5.74) is 0.263. The molecule has 3 aromatic rings. The Labute approximate surface area is 195 Å². The molecule has 0 aliphatic carbocycles. The number of hydrogen-bond donors (Lipinski definition) is 0. The highest BCUT2D eigenvalue weighted by molar-refractivity contribution is 7.15. The number of hydrogen-bond acceptors (Lipinski definition) is 5. The molecule has 1 atom stereocenters. The Kier molecular flexibility index (Phi) is 7.36. The molecule has 2 heterocycles. The number of nitriles is 1. The number of nitrogens with zero attached hydrogens (tertiary/aromatic N) is 3. The number of rotatable bonds is 7. The second kappa shape index (κ2) is 9.71. The summed E-state index contributed by atoms with van der Waals surface area (Å²) in [7, 11) is 0. The van der Waals surface area contributed by atoms with Crippen LogP contribution >= 0.6 is 22.9 Å². The van der Waals surface area contributed by atoms with E-state index in [1.807, 2.05) is 6.07 Å². The maximum absolute atomic E-state index is 14.8. The van der Waals surface area contributed by atoms with Gasteiger partial charge in [0.05, 0.1) is 27.8 Å². The van der Waals surface area contributed by atoms with E-state index >= 15 is 0 Å². The average molecular weight is 502 g/mol. The van der Waals surface area contributed by atoms with Gasteiger partial charge in [0.1, 0.15) is 16.8 Å². The Morgan fingerprint density at radius 1 is 1.18 bits per heavy atom. The van der Waals surface area contributed by atoms with Crippen molar-refractivity contribution in [2.75, 3.05) is 0 Å². The summed E-state index contributed by atoms with van der Waals surface area (Å²) in [5.74, 6) is -3.23. The molecule has 0 aliphatic rings. The number of ether oxygens (including phenoxy) is 1. The molecule has 174 valence electrons. The van der Waals surface area contributed by atoms with Crippen LogP contribution in [0.2, 0.25) is 5.02 Å². The Hall–Kier alpha value is -2.61. The molecule has 0 amide bonds. The van der Waals surface area contributed by atoms with Crippen molar-refractivity contribution in [3.63, 3.8) is 0 Å². The van der Waals surface area contributed by atoms with Crippen LogP contribution < -0.4 is 0 Å². The zero-order chi connectivity index (χ0) is 24.4. The van der Waals surface area contributed by atoms with Crippen LogP contribution in [0.5, 0.6) is 0 Å². The summed E-state index contributed by atoms with van der Waals surface area (Å²) < 4.78 is 73.5. The molecule has 0 spiro atoms. The van der Waals surface area contributed by atoms with Crippen molar-refractivity contribution >= 4 is 22.9 Å². The normalized spacial score (nSPS) is 13.1. The zero-order valence-electron chi connectivity index (χ0n) is 17.4. The number of benzene rings is 1. The number of halogens is 6. The molecular formula is C22H17ClF5N3OS. The van der Waals surface area contributed by atoms with Crippen LogP contribution in [-0.2, 0) is 17.5 Å². The summed E-state index contributed by atoms with van der Waals surface area (Å²) in [4.78, 5) is 7.82. The quantitative estimate of drug-likeness (QED) is 0.317. The smallest absolute Gasteiger partial charge is 0.362 e. The van der Waals surface area contributed by atoms with Crippen LogP contribution in [0.15, 0.2) is 36.5 Å². The van der Waals surface area contributed by atoms with Crippen LogP contribution in [0.25, 0.3) is 10.6 Å². The van der Waals surface area contributed by atoms with Crippen molar-refractivity contribution in [3.8, 4) is 16.6 Å². The summed E-state index contributed by atoms with van der Waals surface area (Å²) in [6, 6.07) is 8.44. The van der Waals surface area contributed by atoms with Gasteiger partial charge < -0.3 is 4.74 Å². The molecule has 3 rings (SSSR count). The Morgan fingerprint density at radius 2 is 1.91 bits per heavy atom. The van der Waals surface area contributed by atoms with Gasteiger partial charge in [0, 0.05) is 18.2 Å². The van der Waals surface area contributed by atoms with Gasteiger partial charge in [-0.05, 0) is 36.8 Å². The van der Waals surface area contributed by atoms with Crippen LogP contribution in [0.4, 0.5) is 22.0 Å². The first kappa shape index (κ1) is 25.0. The Balaban J connectivity index is 1.90. The predicted octanol–water partition coefficient (Wildman–Crippen LogP) is 7.36. The average Bonchev–Trinajstić information content (AvgIpc) is 3.14. The second-order valence-corrected chi connectivity index (χ2v) is 8.57. The number of thiazole rings is 1. The lowest BCUT2D eigenvalue weighted by atomic mass is 10.1. The first-order valence-electron chi connectivity index (χ1n) is 9.65. The number of pyridine rings is 1. The fourth-order valence-corrected chi connectivity index (χ4v) is 4.37. The summed E-state index contributed by atoms with van der Waals surface area (Å²) in [5, 5.41) is 9.40. The van der Waals surface area contributed by atoms with Crippen molar-refractivity contribution in [2.45, 2.75) is 45.1 Å². The lowest BCUT2D eigenvalue weighted by molar-refractivity contribution is -0.146. The zero-order valence-corrected chi connectivity index (χ0v) is 19.0. The Morgan fingerprint density at radius 3 is 2.45 bits per heavy atom. The van der Waals surface area contributed by atoms with Gasteiger partial charge in [0.2, 0.25) is 0 Å². The topological polar surface area (TPSA) is 58.8 Å². The number of aromatic nitrogens is 2. The van der Waals surface area contributed by atoms with E-state index < -0.39 is 30.3 Å². The standard InChI is InChI=1S/C22H17ClF5N3OS/c1-3-21(24,25)19(32-11-13-4-5-14(9-29)16(23)8-13)18-12(2)31-20(33-18)15-6-7-17(30-10-15)22(26,27)28/h4-8,10,19H,3,11H2,1-2H3. The first-order valence-corrected chi connectivity index (χ1v) is 10.8. The first-order chi connectivity index (χ1) is 15.5. The highest BCUT2D eigenvalue weighted by Gasteiger charge is 2.42. The highest BCUT2D eigenvalue weighted by atomic mass is 35.5. The van der Waals surface area contributed by atoms with E-state index in [0.717, 1.165) is 23.6 Å². The fourth-order valence-electron chi connectivity index (χ4n) is 2.96. The third-order valence-electron chi connectivity index (χ3n) is 4.80. The molecule has 0 fully saturated rings. The van der Waals surface area contributed by atoms with Gasteiger partial charge in [-0.25, -0.2) is 13.8 Å². The van der Waals surface area contributed by atoms with Crippen LogP contribution in [0.1, 0.15) is 46.8 Å². The maximum atomic E-state index is 14.8. The van der Waals surface area contributed by atoms with Gasteiger partial charge in [-0.1, -0.05) is 24.6 Å². The minimum atomic E-state index is -4.58. The van der Waals surface area contributed by atoms with Gasteiger partial charge in [0.25, 0.3) is 5.92 Å². The maximum Gasteiger partial charge on any atom is 0.433 e. The predicted molar refractivity (Wildman–Crippen MR) is 114 cm³/mol. The largest absolute Gasteiger partial charge is 0.433 e. The highest BCUT2D eigenvalue weighted by Crippen LogP contribution is 2.43. The van der Waals surface area contributed by atoms with Gasteiger partial charge in [-0.3, -0.25) is 4.98 Å². The second-order valence-electron chi connectivity index (χ2n) is 7.13. The van der Waals surface area contributed by atoms with E-state index in [1.54, 1.807) is 6.07 Å². The minimum absolute atomic E-state index is 0.163. The van der Waals surface area contributed by atoms with Crippen molar-refractivity contribution in [2.24, 2.45) is 0 Å².